The molecule has 1 aromatic carbocycles. The predicted octanol–water partition coefficient (Wildman–Crippen LogP) is 2.98. The maximum atomic E-state index is 11.1. The molecule has 0 radical (unpaired) electrons. The van der Waals surface area contributed by atoms with Crippen LogP contribution >= 0.6 is 0 Å². The van der Waals surface area contributed by atoms with E-state index in [9.17, 15) is 4.79 Å². The second-order valence-corrected chi connectivity index (χ2v) is 4.21. The van der Waals surface area contributed by atoms with Gasteiger partial charge in [0.25, 0.3) is 0 Å². The highest BCUT2D eigenvalue weighted by Crippen LogP contribution is 2.27. The van der Waals surface area contributed by atoms with Crippen molar-refractivity contribution in [3.63, 3.8) is 0 Å². The number of H-pyrrole nitrogens is 1. The van der Waals surface area contributed by atoms with E-state index in [1.165, 1.54) is 0 Å². The van der Waals surface area contributed by atoms with Crippen LogP contribution in [0.3, 0.4) is 0 Å². The van der Waals surface area contributed by atoms with Gasteiger partial charge in [-0.25, -0.2) is 9.78 Å². The molecule has 0 saturated heterocycles. The Labute approximate surface area is 103 Å². The lowest BCUT2D eigenvalue weighted by atomic mass is 10.1. The lowest BCUT2D eigenvalue weighted by Gasteiger charge is -2.01. The monoisotopic (exact) mass is 240 g/mol. The van der Waals surface area contributed by atoms with Crippen LogP contribution in [0.25, 0.3) is 21.8 Å². The van der Waals surface area contributed by atoms with Gasteiger partial charge in [0.15, 0.2) is 0 Å². The molecule has 18 heavy (non-hydrogen) atoms. The molecule has 2 heterocycles. The number of carboxylic acids is 1. The second kappa shape index (κ2) is 3.84. The minimum absolute atomic E-state index is 0.101. The quantitative estimate of drug-likeness (QED) is 0.723. The number of para-hydroxylation sites is 1. The first kappa shape index (κ1) is 10.8. The van der Waals surface area contributed by atoms with E-state index in [0.29, 0.717) is 6.42 Å². The standard InChI is InChI=1S/C14H12N2O2/c1-2-10-13-9(7-12(15-10)14(17)18)8-5-3-4-6-11(8)16-13/h3-7,16H,2H2,1H3,(H,17,18). The van der Waals surface area contributed by atoms with Crippen molar-refractivity contribution in [3.05, 3.63) is 41.7 Å². The van der Waals surface area contributed by atoms with E-state index >= 15 is 0 Å². The zero-order valence-corrected chi connectivity index (χ0v) is 9.90. The number of aromatic nitrogens is 2. The Morgan fingerprint density at radius 1 is 1.33 bits per heavy atom. The fraction of sp³-hybridized carbons (Fsp3) is 0.143. The fourth-order valence-corrected chi connectivity index (χ4v) is 2.28. The number of rotatable bonds is 2. The van der Waals surface area contributed by atoms with Gasteiger partial charge in [-0.15, -0.1) is 0 Å². The molecule has 0 saturated carbocycles. The molecule has 3 rings (SSSR count). The minimum atomic E-state index is -0.989. The molecule has 0 spiro atoms. The lowest BCUT2D eigenvalue weighted by molar-refractivity contribution is 0.0690. The third-order valence-electron chi connectivity index (χ3n) is 3.13. The molecule has 0 aliphatic carbocycles. The summed E-state index contributed by atoms with van der Waals surface area (Å²) in [6.07, 6.45) is 0.699. The number of pyridine rings is 1. The van der Waals surface area contributed by atoms with Gasteiger partial charge in [0.2, 0.25) is 0 Å². The minimum Gasteiger partial charge on any atom is -0.477 e. The second-order valence-electron chi connectivity index (χ2n) is 4.21. The van der Waals surface area contributed by atoms with Crippen LogP contribution in [0.5, 0.6) is 0 Å². The molecule has 0 unspecified atom stereocenters. The van der Waals surface area contributed by atoms with Gasteiger partial charge in [-0.1, -0.05) is 25.1 Å². The van der Waals surface area contributed by atoms with Gasteiger partial charge in [0.1, 0.15) is 5.69 Å². The SMILES string of the molecule is CCc1nc(C(=O)O)cc2c1[nH]c1ccccc12. The molecule has 4 nitrogen and oxygen atoms in total. The Balaban J connectivity index is 2.48. The first-order chi connectivity index (χ1) is 8.70. The molecule has 3 aromatic rings. The average Bonchev–Trinajstić information content (AvgIpc) is 2.76. The molecule has 0 atom stereocenters. The Bertz CT molecular complexity index is 759. The highest BCUT2D eigenvalue weighted by molar-refractivity contribution is 6.09. The molecule has 0 fully saturated rings. The third kappa shape index (κ3) is 1.46. The molecule has 90 valence electrons. The summed E-state index contributed by atoms with van der Waals surface area (Å²) in [6.45, 7) is 1.97. The van der Waals surface area contributed by atoms with Crippen molar-refractivity contribution in [2.45, 2.75) is 13.3 Å². The number of benzene rings is 1. The van der Waals surface area contributed by atoms with Crippen molar-refractivity contribution in [3.8, 4) is 0 Å². The van der Waals surface area contributed by atoms with Crippen LogP contribution in [0.1, 0.15) is 23.1 Å². The van der Waals surface area contributed by atoms with E-state index in [4.69, 9.17) is 5.11 Å². The van der Waals surface area contributed by atoms with Crippen LogP contribution in [-0.4, -0.2) is 21.0 Å². The number of hydrogen-bond acceptors (Lipinski definition) is 2. The van der Waals surface area contributed by atoms with E-state index in [-0.39, 0.29) is 5.69 Å². The van der Waals surface area contributed by atoms with E-state index in [2.05, 4.69) is 9.97 Å². The van der Waals surface area contributed by atoms with Gasteiger partial charge in [-0.2, -0.15) is 0 Å². The number of aromatic amines is 1. The van der Waals surface area contributed by atoms with Gasteiger partial charge >= 0.3 is 5.97 Å². The first-order valence-electron chi connectivity index (χ1n) is 5.84. The summed E-state index contributed by atoms with van der Waals surface area (Å²) < 4.78 is 0. The molecular formula is C14H12N2O2. The van der Waals surface area contributed by atoms with Crippen LogP contribution in [0.2, 0.25) is 0 Å². The molecule has 0 amide bonds. The number of hydrogen-bond donors (Lipinski definition) is 2. The van der Waals surface area contributed by atoms with Crippen molar-refractivity contribution in [1.82, 2.24) is 9.97 Å². The summed E-state index contributed by atoms with van der Waals surface area (Å²) in [7, 11) is 0. The maximum Gasteiger partial charge on any atom is 0.354 e. The number of aryl methyl sites for hydroxylation is 1. The van der Waals surface area contributed by atoms with Crippen molar-refractivity contribution in [2.24, 2.45) is 0 Å². The largest absolute Gasteiger partial charge is 0.477 e. The van der Waals surface area contributed by atoms with Crippen molar-refractivity contribution in [1.29, 1.82) is 0 Å². The Morgan fingerprint density at radius 2 is 2.11 bits per heavy atom. The Kier molecular flexibility index (Phi) is 2.30. The van der Waals surface area contributed by atoms with Crippen LogP contribution < -0.4 is 0 Å². The number of nitrogens with one attached hydrogen (secondary N) is 1. The van der Waals surface area contributed by atoms with E-state index in [0.717, 1.165) is 27.5 Å². The fourth-order valence-electron chi connectivity index (χ4n) is 2.28. The van der Waals surface area contributed by atoms with Gasteiger partial charge < -0.3 is 10.1 Å². The molecule has 0 aliphatic rings. The van der Waals surface area contributed by atoms with Gasteiger partial charge in [-0.05, 0) is 18.6 Å². The van der Waals surface area contributed by atoms with Crippen molar-refractivity contribution in [2.75, 3.05) is 0 Å². The third-order valence-corrected chi connectivity index (χ3v) is 3.13. The summed E-state index contributed by atoms with van der Waals surface area (Å²) >= 11 is 0. The number of nitrogens with zero attached hydrogens (tertiary/aromatic N) is 1. The molecule has 4 heteroatoms. The number of aromatic carboxylic acids is 1. The summed E-state index contributed by atoms with van der Waals surface area (Å²) in [4.78, 5) is 18.6. The number of carboxylic acid groups (broad SMARTS) is 1. The van der Waals surface area contributed by atoms with Crippen molar-refractivity contribution >= 4 is 27.8 Å². The van der Waals surface area contributed by atoms with Crippen molar-refractivity contribution < 1.29 is 9.90 Å². The van der Waals surface area contributed by atoms with Crippen LogP contribution in [0.15, 0.2) is 30.3 Å². The molecular weight excluding hydrogens is 228 g/mol. The smallest absolute Gasteiger partial charge is 0.354 e. The normalized spacial score (nSPS) is 11.2. The molecule has 0 bridgehead atoms. The van der Waals surface area contributed by atoms with E-state index in [1.807, 2.05) is 31.2 Å². The van der Waals surface area contributed by atoms with E-state index < -0.39 is 5.97 Å². The van der Waals surface area contributed by atoms with Gasteiger partial charge in [0.05, 0.1) is 11.2 Å². The van der Waals surface area contributed by atoms with Gasteiger partial charge in [-0.3, -0.25) is 0 Å². The molecule has 2 N–H and O–H groups in total. The van der Waals surface area contributed by atoms with Crippen LogP contribution in [0, 0.1) is 0 Å². The molecule has 0 aliphatic heterocycles. The van der Waals surface area contributed by atoms with E-state index in [1.54, 1.807) is 6.07 Å². The van der Waals surface area contributed by atoms with Crippen LogP contribution in [-0.2, 0) is 6.42 Å². The maximum absolute atomic E-state index is 11.1. The predicted molar refractivity (Wildman–Crippen MR) is 69.9 cm³/mol. The topological polar surface area (TPSA) is 66.0 Å². The number of carbonyl (C=O) groups is 1. The summed E-state index contributed by atoms with van der Waals surface area (Å²) in [5, 5.41) is 11.1. The van der Waals surface area contributed by atoms with Gasteiger partial charge in [0, 0.05) is 16.3 Å². The Hall–Kier alpha value is -2.36. The lowest BCUT2D eigenvalue weighted by Crippen LogP contribution is -2.03. The number of fused-ring (bicyclic) bond motifs is 3. The first-order valence-corrected chi connectivity index (χ1v) is 5.84. The highest BCUT2D eigenvalue weighted by atomic mass is 16.4. The van der Waals surface area contributed by atoms with Crippen LogP contribution in [0.4, 0.5) is 0 Å². The molecule has 2 aromatic heterocycles. The summed E-state index contributed by atoms with van der Waals surface area (Å²) in [6, 6.07) is 9.50. The summed E-state index contributed by atoms with van der Waals surface area (Å²) in [5.41, 5.74) is 2.83. The highest BCUT2D eigenvalue weighted by Gasteiger charge is 2.13. The summed E-state index contributed by atoms with van der Waals surface area (Å²) in [5.74, 6) is -0.989. The Morgan fingerprint density at radius 3 is 2.83 bits per heavy atom. The zero-order chi connectivity index (χ0) is 12.7. The average molecular weight is 240 g/mol. The zero-order valence-electron chi connectivity index (χ0n) is 9.90.